The molecule has 0 unspecified atom stereocenters. The van der Waals surface area contributed by atoms with Crippen LogP contribution in [0.3, 0.4) is 0 Å². The van der Waals surface area contributed by atoms with Gasteiger partial charge in [-0.05, 0) is 29.8 Å². The Morgan fingerprint density at radius 3 is 2.38 bits per heavy atom. The lowest BCUT2D eigenvalue weighted by atomic mass is 10.0. The molecule has 1 atom stereocenters. The van der Waals surface area contributed by atoms with Crippen LogP contribution in [0.2, 0.25) is 0 Å². The molecule has 5 nitrogen and oxygen atoms in total. The molecule has 1 N–H and O–H groups in total. The third-order valence-corrected chi connectivity index (χ3v) is 5.24. The van der Waals surface area contributed by atoms with E-state index in [-0.39, 0.29) is 24.3 Å². The van der Waals surface area contributed by atoms with E-state index in [1.807, 2.05) is 58.3 Å². The van der Waals surface area contributed by atoms with Crippen molar-refractivity contribution in [1.82, 2.24) is 10.2 Å². The van der Waals surface area contributed by atoms with Gasteiger partial charge in [0.2, 0.25) is 5.91 Å². The van der Waals surface area contributed by atoms with E-state index in [1.165, 1.54) is 6.07 Å². The molecule has 1 aliphatic rings. The van der Waals surface area contributed by atoms with E-state index in [0.717, 1.165) is 11.3 Å². The molecule has 1 aromatic heterocycles. The van der Waals surface area contributed by atoms with Crippen molar-refractivity contribution in [3.05, 3.63) is 90.1 Å². The van der Waals surface area contributed by atoms with Gasteiger partial charge in [0, 0.05) is 26.2 Å². The van der Waals surface area contributed by atoms with Crippen LogP contribution in [0.1, 0.15) is 17.4 Å². The Bertz CT molecular complexity index is 922. The van der Waals surface area contributed by atoms with Crippen molar-refractivity contribution < 1.29 is 13.6 Å². The zero-order chi connectivity index (χ0) is 20.1. The van der Waals surface area contributed by atoms with E-state index in [4.69, 9.17) is 4.42 Å². The van der Waals surface area contributed by atoms with E-state index in [1.54, 1.807) is 18.4 Å². The molecule has 0 radical (unpaired) electrons. The van der Waals surface area contributed by atoms with E-state index >= 15 is 0 Å². The number of hydrogen-bond donors (Lipinski definition) is 1. The number of carbonyl (C=O) groups is 1. The average molecular weight is 393 g/mol. The molecule has 150 valence electrons. The number of carbonyl (C=O) groups excluding carboxylic acids is 1. The second kappa shape index (κ2) is 8.92. The van der Waals surface area contributed by atoms with Gasteiger partial charge in [-0.2, -0.15) is 0 Å². The molecule has 2 heterocycles. The van der Waals surface area contributed by atoms with Crippen LogP contribution in [-0.2, 0) is 4.79 Å². The number of para-hydroxylation sites is 1. The molecule has 29 heavy (non-hydrogen) atoms. The minimum atomic E-state index is -0.224. The first-order valence-corrected chi connectivity index (χ1v) is 9.81. The van der Waals surface area contributed by atoms with Crippen LogP contribution in [0.4, 0.5) is 10.1 Å². The van der Waals surface area contributed by atoms with Crippen LogP contribution in [0.25, 0.3) is 0 Å². The highest BCUT2D eigenvalue weighted by Gasteiger charge is 2.24. The minimum Gasteiger partial charge on any atom is -0.467 e. The molecule has 1 saturated heterocycles. The SMILES string of the molecule is O=C(CN[C@@H](c1ccccc1)c1ccco1)N1CCN(c2ccccc2F)CC1. The van der Waals surface area contributed by atoms with Crippen molar-refractivity contribution in [3.63, 3.8) is 0 Å². The molecular formula is C23H24FN3O2. The van der Waals surface area contributed by atoms with Crippen molar-refractivity contribution >= 4 is 11.6 Å². The molecular weight excluding hydrogens is 369 g/mol. The molecule has 1 amide bonds. The van der Waals surface area contributed by atoms with E-state index in [2.05, 4.69) is 5.32 Å². The topological polar surface area (TPSA) is 48.7 Å². The minimum absolute atomic E-state index is 0.0330. The number of halogens is 1. The molecule has 0 aliphatic carbocycles. The van der Waals surface area contributed by atoms with Gasteiger partial charge >= 0.3 is 0 Å². The van der Waals surface area contributed by atoms with Gasteiger partial charge in [-0.3, -0.25) is 10.1 Å². The summed E-state index contributed by atoms with van der Waals surface area (Å²) in [6.07, 6.45) is 1.64. The fourth-order valence-electron chi connectivity index (χ4n) is 3.69. The van der Waals surface area contributed by atoms with Gasteiger partial charge in [-0.1, -0.05) is 42.5 Å². The molecule has 0 spiro atoms. The molecule has 4 rings (SSSR count). The van der Waals surface area contributed by atoms with Gasteiger partial charge in [0.1, 0.15) is 11.6 Å². The summed E-state index contributed by atoms with van der Waals surface area (Å²) in [6.45, 7) is 2.59. The summed E-state index contributed by atoms with van der Waals surface area (Å²) in [5.41, 5.74) is 1.64. The number of rotatable bonds is 6. The number of nitrogens with zero attached hydrogens (tertiary/aromatic N) is 2. The second-order valence-corrected chi connectivity index (χ2v) is 7.06. The van der Waals surface area contributed by atoms with E-state index in [9.17, 15) is 9.18 Å². The monoisotopic (exact) mass is 393 g/mol. The predicted octanol–water partition coefficient (Wildman–Crippen LogP) is 3.45. The van der Waals surface area contributed by atoms with Crippen LogP contribution in [-0.4, -0.2) is 43.5 Å². The van der Waals surface area contributed by atoms with Gasteiger partial charge in [0.15, 0.2) is 0 Å². The van der Waals surface area contributed by atoms with Crippen LogP contribution >= 0.6 is 0 Å². The summed E-state index contributed by atoms with van der Waals surface area (Å²) in [4.78, 5) is 16.6. The Balaban J connectivity index is 1.35. The lowest BCUT2D eigenvalue weighted by Gasteiger charge is -2.36. The number of hydrogen-bond acceptors (Lipinski definition) is 4. The van der Waals surface area contributed by atoms with Crippen LogP contribution in [0, 0.1) is 5.82 Å². The van der Waals surface area contributed by atoms with Crippen molar-refractivity contribution in [1.29, 1.82) is 0 Å². The lowest BCUT2D eigenvalue weighted by molar-refractivity contribution is -0.130. The number of furan rings is 1. The molecule has 1 fully saturated rings. The van der Waals surface area contributed by atoms with Crippen LogP contribution < -0.4 is 10.2 Å². The largest absolute Gasteiger partial charge is 0.467 e. The predicted molar refractivity (Wildman–Crippen MR) is 110 cm³/mol. The maximum absolute atomic E-state index is 14.0. The number of piperazine rings is 1. The normalized spacial score (nSPS) is 15.3. The molecule has 0 saturated carbocycles. The zero-order valence-corrected chi connectivity index (χ0v) is 16.1. The fraction of sp³-hybridized carbons (Fsp3) is 0.261. The Morgan fingerprint density at radius 1 is 0.966 bits per heavy atom. The molecule has 3 aromatic rings. The standard InChI is InChI=1S/C23H24FN3O2/c24-19-9-4-5-10-20(19)26-12-14-27(15-13-26)22(28)17-25-23(21-11-6-16-29-21)18-7-2-1-3-8-18/h1-11,16,23,25H,12-15,17H2/t23-/m0/s1. The van der Waals surface area contributed by atoms with Crippen molar-refractivity contribution in [2.24, 2.45) is 0 Å². The highest BCUT2D eigenvalue weighted by Crippen LogP contribution is 2.23. The third kappa shape index (κ3) is 4.49. The van der Waals surface area contributed by atoms with E-state index in [0.29, 0.717) is 31.9 Å². The van der Waals surface area contributed by atoms with E-state index < -0.39 is 0 Å². The number of benzene rings is 2. The Morgan fingerprint density at radius 2 is 1.69 bits per heavy atom. The van der Waals surface area contributed by atoms with Crippen LogP contribution in [0.15, 0.2) is 77.4 Å². The summed E-state index contributed by atoms with van der Waals surface area (Å²) in [5, 5.41) is 3.33. The lowest BCUT2D eigenvalue weighted by Crippen LogP contribution is -2.51. The molecule has 0 bridgehead atoms. The Labute approximate surface area is 169 Å². The highest BCUT2D eigenvalue weighted by atomic mass is 19.1. The van der Waals surface area contributed by atoms with Gasteiger partial charge in [0.25, 0.3) is 0 Å². The number of anilines is 1. The number of nitrogens with one attached hydrogen (secondary N) is 1. The van der Waals surface area contributed by atoms with Gasteiger partial charge in [0.05, 0.1) is 24.5 Å². The van der Waals surface area contributed by atoms with Crippen molar-refractivity contribution in [3.8, 4) is 0 Å². The first-order valence-electron chi connectivity index (χ1n) is 9.81. The Hall–Kier alpha value is -3.12. The molecule has 1 aliphatic heterocycles. The fourth-order valence-corrected chi connectivity index (χ4v) is 3.69. The summed E-state index contributed by atoms with van der Waals surface area (Å²) in [5.74, 6) is 0.581. The quantitative estimate of drug-likeness (QED) is 0.697. The number of amides is 1. The van der Waals surface area contributed by atoms with Gasteiger partial charge < -0.3 is 14.2 Å². The Kier molecular flexibility index (Phi) is 5.91. The molecule has 6 heteroatoms. The summed E-state index contributed by atoms with van der Waals surface area (Å²) in [6, 6.07) is 20.3. The second-order valence-electron chi connectivity index (χ2n) is 7.06. The van der Waals surface area contributed by atoms with Crippen molar-refractivity contribution in [2.75, 3.05) is 37.6 Å². The van der Waals surface area contributed by atoms with Crippen molar-refractivity contribution in [2.45, 2.75) is 6.04 Å². The average Bonchev–Trinajstić information content (AvgIpc) is 3.30. The molecule has 2 aromatic carbocycles. The third-order valence-electron chi connectivity index (χ3n) is 5.24. The smallest absolute Gasteiger partial charge is 0.236 e. The summed E-state index contributed by atoms with van der Waals surface area (Å²) >= 11 is 0. The first-order chi connectivity index (χ1) is 14.2. The maximum Gasteiger partial charge on any atom is 0.236 e. The zero-order valence-electron chi connectivity index (χ0n) is 16.1. The summed E-state index contributed by atoms with van der Waals surface area (Å²) < 4.78 is 19.6. The van der Waals surface area contributed by atoms with Gasteiger partial charge in [-0.15, -0.1) is 0 Å². The van der Waals surface area contributed by atoms with Crippen LogP contribution in [0.5, 0.6) is 0 Å². The maximum atomic E-state index is 14.0. The van der Waals surface area contributed by atoms with Gasteiger partial charge in [-0.25, -0.2) is 4.39 Å². The first kappa shape index (κ1) is 19.2. The highest BCUT2D eigenvalue weighted by molar-refractivity contribution is 5.78. The summed E-state index contributed by atoms with van der Waals surface area (Å²) in [7, 11) is 0.